The highest BCUT2D eigenvalue weighted by Crippen LogP contribution is 2.36. The van der Waals surface area contributed by atoms with Gasteiger partial charge in [-0.15, -0.1) is 23.1 Å². The predicted molar refractivity (Wildman–Crippen MR) is 164 cm³/mol. The first kappa shape index (κ1) is 26.8. The van der Waals surface area contributed by atoms with Gasteiger partial charge in [0.25, 0.3) is 0 Å². The van der Waals surface area contributed by atoms with Crippen molar-refractivity contribution in [2.45, 2.75) is 31.6 Å². The van der Waals surface area contributed by atoms with E-state index < -0.39 is 0 Å². The summed E-state index contributed by atoms with van der Waals surface area (Å²) in [7, 11) is 0. The minimum absolute atomic E-state index is 0.344. The van der Waals surface area contributed by atoms with Crippen LogP contribution in [0, 0.1) is 6.92 Å². The van der Waals surface area contributed by atoms with Crippen LogP contribution in [0.2, 0.25) is 0 Å². The first-order valence-electron chi connectivity index (χ1n) is 13.1. The summed E-state index contributed by atoms with van der Waals surface area (Å²) >= 11 is 3.59. The van der Waals surface area contributed by atoms with E-state index in [1.165, 1.54) is 37.2 Å². The fraction of sp³-hybridized carbons (Fsp3) is 0.147. The third-order valence-corrected chi connectivity index (χ3v) is 8.43. The van der Waals surface area contributed by atoms with Crippen LogP contribution in [0.25, 0.3) is 26.8 Å². The van der Waals surface area contributed by atoms with Gasteiger partial charge in [-0.2, -0.15) is 0 Å². The topological polar surface area (TPSA) is 35.5 Å². The van der Waals surface area contributed by atoms with Gasteiger partial charge in [0.2, 0.25) is 0 Å². The molecule has 1 aromatic heterocycles. The summed E-state index contributed by atoms with van der Waals surface area (Å²) < 4.78 is 1.29. The lowest BCUT2D eigenvalue weighted by Crippen LogP contribution is -2.07. The van der Waals surface area contributed by atoms with Gasteiger partial charge in [0.15, 0.2) is 5.75 Å². The molecule has 39 heavy (non-hydrogen) atoms. The molecule has 0 spiro atoms. The van der Waals surface area contributed by atoms with Gasteiger partial charge < -0.3 is 0 Å². The van der Waals surface area contributed by atoms with E-state index in [0.29, 0.717) is 12.2 Å². The lowest BCUT2D eigenvalue weighted by Gasteiger charge is -2.10. The Morgan fingerprint density at radius 3 is 2.36 bits per heavy atom. The van der Waals surface area contributed by atoms with Crippen LogP contribution in [-0.2, 0) is 9.68 Å². The summed E-state index contributed by atoms with van der Waals surface area (Å²) in [5.74, 6) is 1.02. The minimum Gasteiger partial charge on any atom is -0.287 e. The molecule has 0 saturated heterocycles. The van der Waals surface area contributed by atoms with Crippen molar-refractivity contribution >= 4 is 44.7 Å². The molecule has 0 amide bonds. The molecule has 0 aliphatic carbocycles. The van der Waals surface area contributed by atoms with Gasteiger partial charge in [-0.05, 0) is 76.9 Å². The minimum atomic E-state index is -0.356. The van der Waals surface area contributed by atoms with E-state index in [9.17, 15) is 4.79 Å². The molecule has 5 rings (SSSR count). The molecular formula is C34H30O3S2. The van der Waals surface area contributed by atoms with E-state index >= 15 is 0 Å². The number of benzene rings is 4. The maximum atomic E-state index is 11.6. The number of thioether (sulfide) groups is 1. The molecule has 0 bridgehead atoms. The Bertz CT molecular complexity index is 1550. The van der Waals surface area contributed by atoms with E-state index in [4.69, 9.17) is 9.78 Å². The zero-order chi connectivity index (χ0) is 27.0. The van der Waals surface area contributed by atoms with Crippen LogP contribution in [0.15, 0.2) is 114 Å². The quantitative estimate of drug-likeness (QED) is 0.0985. The largest absolute Gasteiger partial charge is 0.355 e. The Morgan fingerprint density at radius 1 is 0.872 bits per heavy atom. The van der Waals surface area contributed by atoms with E-state index in [-0.39, 0.29) is 5.97 Å². The number of aryl methyl sites for hydroxylation is 1. The van der Waals surface area contributed by atoms with Crippen LogP contribution in [0.3, 0.4) is 0 Å². The zero-order valence-electron chi connectivity index (χ0n) is 22.1. The fourth-order valence-corrected chi connectivity index (χ4v) is 6.30. The molecule has 0 aliphatic rings. The highest BCUT2D eigenvalue weighted by Gasteiger charge is 2.11. The number of hydrogen-bond donors (Lipinski definition) is 0. The first-order valence-corrected chi connectivity index (χ1v) is 14.9. The van der Waals surface area contributed by atoms with Gasteiger partial charge in [0.1, 0.15) is 0 Å². The molecule has 1 heterocycles. The van der Waals surface area contributed by atoms with E-state index in [0.717, 1.165) is 22.6 Å². The molecule has 4 aromatic carbocycles. The molecular weight excluding hydrogens is 521 g/mol. The summed E-state index contributed by atoms with van der Waals surface area (Å²) in [6, 6.07) is 36.1. The van der Waals surface area contributed by atoms with Crippen molar-refractivity contribution in [2.75, 3.05) is 5.75 Å². The van der Waals surface area contributed by atoms with Gasteiger partial charge in [-0.25, -0.2) is 4.79 Å². The highest BCUT2D eigenvalue weighted by molar-refractivity contribution is 7.99. The molecule has 0 atom stereocenters. The fourth-order valence-electron chi connectivity index (χ4n) is 4.31. The summed E-state index contributed by atoms with van der Waals surface area (Å²) in [6.07, 6.45) is 3.39. The maximum Gasteiger partial charge on any atom is 0.355 e. The molecule has 0 unspecified atom stereocenters. The molecule has 5 aromatic rings. The van der Waals surface area contributed by atoms with Gasteiger partial charge in [0, 0.05) is 26.6 Å². The van der Waals surface area contributed by atoms with Crippen molar-refractivity contribution in [3.63, 3.8) is 0 Å². The lowest BCUT2D eigenvalue weighted by atomic mass is 9.99. The Balaban J connectivity index is 1.36. The van der Waals surface area contributed by atoms with Crippen molar-refractivity contribution in [3.8, 4) is 16.9 Å². The van der Waals surface area contributed by atoms with Crippen LogP contribution < -0.4 is 4.89 Å². The monoisotopic (exact) mass is 550 g/mol. The normalized spacial score (nSPS) is 11.5. The summed E-state index contributed by atoms with van der Waals surface area (Å²) in [5, 5.41) is 1.27. The molecule has 196 valence electrons. The van der Waals surface area contributed by atoms with Gasteiger partial charge in [-0.3, -0.25) is 9.78 Å². The molecule has 0 fully saturated rings. The van der Waals surface area contributed by atoms with Crippen molar-refractivity contribution in [3.05, 3.63) is 125 Å². The number of fused-ring (bicyclic) bond motifs is 1. The summed E-state index contributed by atoms with van der Waals surface area (Å²) in [6.45, 7) is 3.89. The molecule has 0 saturated carbocycles. The Hall–Kier alpha value is -3.80. The summed E-state index contributed by atoms with van der Waals surface area (Å²) in [5.41, 5.74) is 5.80. The number of carbonyl (C=O) groups is 1. The lowest BCUT2D eigenvalue weighted by molar-refractivity contribution is -0.214. The van der Waals surface area contributed by atoms with E-state index in [1.54, 1.807) is 11.8 Å². The van der Waals surface area contributed by atoms with Crippen molar-refractivity contribution < 1.29 is 14.6 Å². The Labute approximate surface area is 238 Å². The molecule has 0 aliphatic heterocycles. The molecule has 5 heteroatoms. The number of rotatable bonds is 10. The SMILES string of the molecule is CCCC(=O)OOc1ccc(SCC=C(c2ccc(-c3ccccc3)cc2)c2cc3ccccc3s2)cc1C. The van der Waals surface area contributed by atoms with Gasteiger partial charge in [-0.1, -0.05) is 85.8 Å². The van der Waals surface area contributed by atoms with E-state index in [2.05, 4.69) is 91.0 Å². The van der Waals surface area contributed by atoms with Crippen LogP contribution in [0.1, 0.15) is 35.8 Å². The third kappa shape index (κ3) is 6.80. The second-order valence-corrected chi connectivity index (χ2v) is 11.4. The third-order valence-electron chi connectivity index (χ3n) is 6.36. The average Bonchev–Trinajstić information content (AvgIpc) is 3.40. The second-order valence-electron chi connectivity index (χ2n) is 9.24. The summed E-state index contributed by atoms with van der Waals surface area (Å²) in [4.78, 5) is 24.2. The smallest absolute Gasteiger partial charge is 0.287 e. The Morgan fingerprint density at radius 2 is 1.62 bits per heavy atom. The second kappa shape index (κ2) is 12.8. The van der Waals surface area contributed by atoms with Gasteiger partial charge in [0.05, 0.1) is 0 Å². The number of thiophene rings is 1. The van der Waals surface area contributed by atoms with Crippen LogP contribution in [0.5, 0.6) is 5.75 Å². The highest BCUT2D eigenvalue weighted by atomic mass is 32.2. The number of hydrogen-bond acceptors (Lipinski definition) is 5. The zero-order valence-corrected chi connectivity index (χ0v) is 23.7. The maximum absolute atomic E-state index is 11.6. The number of carbonyl (C=O) groups excluding carboxylic acids is 1. The molecule has 3 nitrogen and oxygen atoms in total. The van der Waals surface area contributed by atoms with Crippen LogP contribution in [0.4, 0.5) is 0 Å². The van der Waals surface area contributed by atoms with E-state index in [1.807, 2.05) is 43.4 Å². The van der Waals surface area contributed by atoms with Crippen LogP contribution >= 0.6 is 23.1 Å². The molecule has 0 radical (unpaired) electrons. The standard InChI is InChI=1S/C34H30O3S2/c1-3-9-34(35)37-36-31-19-18-29(22-24(31)2)38-21-20-30(33-23-28-12-7-8-13-32(28)39-33)27-16-14-26(15-17-27)25-10-5-4-6-11-25/h4-8,10-20,22-23H,3,9,21H2,1-2H3. The van der Waals surface area contributed by atoms with Crippen LogP contribution in [-0.4, -0.2) is 11.7 Å². The van der Waals surface area contributed by atoms with Crippen molar-refractivity contribution in [1.29, 1.82) is 0 Å². The van der Waals surface area contributed by atoms with Gasteiger partial charge >= 0.3 is 5.97 Å². The van der Waals surface area contributed by atoms with Crippen molar-refractivity contribution in [1.82, 2.24) is 0 Å². The predicted octanol–water partition coefficient (Wildman–Crippen LogP) is 9.74. The molecule has 0 N–H and O–H groups in total. The van der Waals surface area contributed by atoms with Crippen molar-refractivity contribution in [2.24, 2.45) is 0 Å². The Kier molecular flexibility index (Phi) is 8.82. The first-order chi connectivity index (χ1) is 19.1. The average molecular weight is 551 g/mol.